The van der Waals surface area contributed by atoms with Crippen molar-refractivity contribution in [3.05, 3.63) is 24.3 Å². The lowest BCUT2D eigenvalue weighted by atomic mass is 10.3. The molecule has 0 spiro atoms. The fourth-order valence-electron chi connectivity index (χ4n) is 0.464. The molecular weight excluding hydrogens is 214 g/mol. The predicted octanol–water partition coefficient (Wildman–Crippen LogP) is 0.607. The molecule has 0 atom stereocenters. The van der Waals surface area contributed by atoms with Gasteiger partial charge in [-0.3, -0.25) is 9.11 Å². The molecule has 0 heterocycles. The van der Waals surface area contributed by atoms with Crippen molar-refractivity contribution in [2.75, 3.05) is 0 Å². The van der Waals surface area contributed by atoms with Crippen molar-refractivity contribution in [3.63, 3.8) is 0 Å². The van der Waals surface area contributed by atoms with E-state index in [0.717, 1.165) is 0 Å². The summed E-state index contributed by atoms with van der Waals surface area (Å²) in [5.41, 5.74) is 0. The SMILES string of the molecule is N.O=S(=O)(O)O.Oc1ccccc1O. The molecule has 8 heteroatoms. The third-order valence-electron chi connectivity index (χ3n) is 0.882. The zero-order valence-corrected chi connectivity index (χ0v) is 7.85. The summed E-state index contributed by atoms with van der Waals surface area (Å²) in [7, 11) is -4.67. The van der Waals surface area contributed by atoms with Crippen LogP contribution >= 0.6 is 0 Å². The van der Waals surface area contributed by atoms with Gasteiger partial charge in [0.05, 0.1) is 0 Å². The molecule has 0 aliphatic carbocycles. The molecule has 14 heavy (non-hydrogen) atoms. The maximum absolute atomic E-state index is 8.74. The van der Waals surface area contributed by atoms with Crippen LogP contribution in [-0.4, -0.2) is 27.7 Å². The Morgan fingerprint density at radius 1 is 0.929 bits per heavy atom. The van der Waals surface area contributed by atoms with Gasteiger partial charge >= 0.3 is 10.4 Å². The van der Waals surface area contributed by atoms with E-state index in [4.69, 9.17) is 27.7 Å². The van der Waals surface area contributed by atoms with Crippen molar-refractivity contribution in [1.82, 2.24) is 6.15 Å². The molecule has 1 aromatic carbocycles. The molecule has 82 valence electrons. The van der Waals surface area contributed by atoms with Crippen LogP contribution in [0.1, 0.15) is 0 Å². The van der Waals surface area contributed by atoms with Gasteiger partial charge in [0.25, 0.3) is 0 Å². The van der Waals surface area contributed by atoms with Crippen molar-refractivity contribution in [2.45, 2.75) is 0 Å². The maximum atomic E-state index is 8.74. The van der Waals surface area contributed by atoms with Gasteiger partial charge in [-0.25, -0.2) is 0 Å². The largest absolute Gasteiger partial charge is 0.504 e. The Kier molecular flexibility index (Phi) is 6.66. The second kappa shape index (κ2) is 6.16. The van der Waals surface area contributed by atoms with Crippen LogP contribution in [0.25, 0.3) is 0 Å². The molecular formula is C6H11NO6S. The number of hydrogen-bond donors (Lipinski definition) is 5. The van der Waals surface area contributed by atoms with E-state index in [-0.39, 0.29) is 17.6 Å². The molecule has 0 saturated carbocycles. The van der Waals surface area contributed by atoms with E-state index in [1.807, 2.05) is 0 Å². The minimum atomic E-state index is -4.67. The van der Waals surface area contributed by atoms with E-state index in [1.165, 1.54) is 12.1 Å². The number of para-hydroxylation sites is 2. The van der Waals surface area contributed by atoms with Crippen LogP contribution in [0.5, 0.6) is 11.5 Å². The summed E-state index contributed by atoms with van der Waals surface area (Å²) in [6.45, 7) is 0. The van der Waals surface area contributed by atoms with Crippen LogP contribution in [0.3, 0.4) is 0 Å². The topological polar surface area (TPSA) is 150 Å². The molecule has 1 aromatic rings. The Morgan fingerprint density at radius 2 is 1.14 bits per heavy atom. The van der Waals surface area contributed by atoms with Gasteiger partial charge in [0.1, 0.15) is 0 Å². The summed E-state index contributed by atoms with van der Waals surface area (Å²) in [6, 6.07) is 6.15. The summed E-state index contributed by atoms with van der Waals surface area (Å²) in [4.78, 5) is 0. The molecule has 0 amide bonds. The average molecular weight is 225 g/mol. The highest BCUT2D eigenvalue weighted by atomic mass is 32.3. The van der Waals surface area contributed by atoms with Crippen LogP contribution in [0.4, 0.5) is 0 Å². The number of hydrogen-bond acceptors (Lipinski definition) is 5. The molecule has 0 saturated heterocycles. The van der Waals surface area contributed by atoms with Crippen LogP contribution in [0.2, 0.25) is 0 Å². The van der Waals surface area contributed by atoms with Crippen molar-refractivity contribution in [2.24, 2.45) is 0 Å². The Bertz CT molecular complexity index is 333. The molecule has 0 radical (unpaired) electrons. The van der Waals surface area contributed by atoms with Gasteiger partial charge in [-0.05, 0) is 12.1 Å². The lowest BCUT2D eigenvalue weighted by Gasteiger charge is -1.91. The highest BCUT2D eigenvalue weighted by Gasteiger charge is 1.90. The fourth-order valence-corrected chi connectivity index (χ4v) is 0.464. The van der Waals surface area contributed by atoms with Gasteiger partial charge in [0.2, 0.25) is 0 Å². The van der Waals surface area contributed by atoms with E-state index >= 15 is 0 Å². The number of benzene rings is 1. The van der Waals surface area contributed by atoms with Gasteiger partial charge in [-0.1, -0.05) is 12.1 Å². The summed E-state index contributed by atoms with van der Waals surface area (Å²) >= 11 is 0. The van der Waals surface area contributed by atoms with Crippen molar-refractivity contribution in [3.8, 4) is 11.5 Å². The summed E-state index contributed by atoms with van der Waals surface area (Å²) in [6.07, 6.45) is 0. The molecule has 0 aliphatic heterocycles. The Balaban J connectivity index is 0. The average Bonchev–Trinajstić information content (AvgIpc) is 1.92. The molecule has 0 unspecified atom stereocenters. The van der Waals surface area contributed by atoms with Crippen molar-refractivity contribution >= 4 is 10.4 Å². The van der Waals surface area contributed by atoms with E-state index in [0.29, 0.717) is 0 Å². The van der Waals surface area contributed by atoms with Gasteiger partial charge in [-0.2, -0.15) is 8.42 Å². The summed E-state index contributed by atoms with van der Waals surface area (Å²) in [5.74, 6) is -0.153. The Labute approximate surface area is 80.8 Å². The fraction of sp³-hybridized carbons (Fsp3) is 0. The van der Waals surface area contributed by atoms with Crippen molar-refractivity contribution < 1.29 is 27.7 Å². The predicted molar refractivity (Wildman–Crippen MR) is 49.0 cm³/mol. The summed E-state index contributed by atoms with van der Waals surface area (Å²) < 4.78 is 31.6. The second-order valence-electron chi connectivity index (χ2n) is 1.94. The number of phenols is 2. The smallest absolute Gasteiger partial charge is 0.394 e. The van der Waals surface area contributed by atoms with Gasteiger partial charge < -0.3 is 16.4 Å². The molecule has 0 aliphatic rings. The first-order valence-corrected chi connectivity index (χ1v) is 4.37. The van der Waals surface area contributed by atoms with E-state index in [1.54, 1.807) is 12.1 Å². The number of rotatable bonds is 0. The first-order valence-electron chi connectivity index (χ1n) is 2.97. The first kappa shape index (κ1) is 15.1. The molecule has 1 rings (SSSR count). The van der Waals surface area contributed by atoms with E-state index in [2.05, 4.69) is 0 Å². The number of aromatic hydroxyl groups is 2. The maximum Gasteiger partial charge on any atom is 0.394 e. The normalized spacial score (nSPS) is 9.29. The van der Waals surface area contributed by atoms with Gasteiger partial charge in [0, 0.05) is 0 Å². The Morgan fingerprint density at radius 3 is 1.29 bits per heavy atom. The van der Waals surface area contributed by atoms with Crippen molar-refractivity contribution in [1.29, 1.82) is 0 Å². The standard InChI is InChI=1S/C6H6O2.H3N.H2O4S/c7-5-3-1-2-4-6(5)8;;1-5(2,3)4/h1-4,7-8H;1H3;(H2,1,2,3,4). The molecule has 7 N–H and O–H groups in total. The highest BCUT2D eigenvalue weighted by Crippen LogP contribution is 2.21. The molecule has 0 fully saturated rings. The van der Waals surface area contributed by atoms with Crippen LogP contribution in [-0.2, 0) is 10.4 Å². The lowest BCUT2D eigenvalue weighted by Crippen LogP contribution is -1.89. The highest BCUT2D eigenvalue weighted by molar-refractivity contribution is 7.79. The molecule has 0 bridgehead atoms. The monoisotopic (exact) mass is 225 g/mol. The minimum absolute atomic E-state index is 0. The van der Waals surface area contributed by atoms with Gasteiger partial charge in [0.15, 0.2) is 11.5 Å². The second-order valence-corrected chi connectivity index (χ2v) is 2.83. The zero-order valence-electron chi connectivity index (χ0n) is 7.03. The summed E-state index contributed by atoms with van der Waals surface area (Å²) in [5, 5.41) is 17.3. The van der Waals surface area contributed by atoms with Gasteiger partial charge in [-0.15, -0.1) is 0 Å². The van der Waals surface area contributed by atoms with E-state index < -0.39 is 10.4 Å². The molecule has 7 nitrogen and oxygen atoms in total. The molecule has 0 aromatic heterocycles. The zero-order chi connectivity index (χ0) is 10.5. The quantitative estimate of drug-likeness (QED) is 0.320. The Hall–Kier alpha value is -1.35. The first-order chi connectivity index (χ1) is 5.80. The van der Waals surface area contributed by atoms with Crippen LogP contribution < -0.4 is 6.15 Å². The third kappa shape index (κ3) is 10.7. The lowest BCUT2D eigenvalue weighted by molar-refractivity contribution is 0.381. The third-order valence-corrected chi connectivity index (χ3v) is 0.882. The van der Waals surface area contributed by atoms with Crippen LogP contribution in [0, 0.1) is 0 Å². The van der Waals surface area contributed by atoms with E-state index in [9.17, 15) is 0 Å². The minimum Gasteiger partial charge on any atom is -0.504 e. The number of phenolic OH excluding ortho intramolecular Hbond substituents is 2. The van der Waals surface area contributed by atoms with Crippen LogP contribution in [0.15, 0.2) is 24.3 Å².